The third kappa shape index (κ3) is 8.60. The molecule has 0 heterocycles. The van der Waals surface area contributed by atoms with Gasteiger partial charge in [0.1, 0.15) is 5.75 Å². The Morgan fingerprint density at radius 2 is 1.49 bits per heavy atom. The fraction of sp³-hybridized carbons (Fsp3) is 0.222. The lowest BCUT2D eigenvalue weighted by Gasteiger charge is -2.13. The normalized spacial score (nSPS) is 11.1. The molecule has 0 bridgehead atoms. The molecule has 10 heteroatoms. The predicted octanol–water partition coefficient (Wildman–Crippen LogP) is 6.51. The van der Waals surface area contributed by atoms with Crippen molar-refractivity contribution in [1.82, 2.24) is 5.32 Å². The molecule has 0 saturated heterocycles. The van der Waals surface area contributed by atoms with Crippen LogP contribution in [0.2, 0.25) is 0 Å². The number of hydrogen-bond donors (Lipinski definition) is 3. The second kappa shape index (κ2) is 12.4. The number of benzene rings is 3. The van der Waals surface area contributed by atoms with Crippen LogP contribution in [0.15, 0.2) is 72.8 Å². The second-order valence-electron chi connectivity index (χ2n) is 8.58. The summed E-state index contributed by atoms with van der Waals surface area (Å²) in [7, 11) is 0. The standard InChI is InChI=1S/C27H26F3N3O3S/c1-17(2)12-13-36-23-11-4-7-19(15-23)25(35)33-26(37)32-21-9-3-6-18(14-21)24(34)31-22-10-5-8-20(16-22)27(28,29)30/h3-11,14-17H,12-13H2,1-2H3,(H,31,34)(H2,32,33,35,37). The first-order chi connectivity index (χ1) is 17.5. The minimum Gasteiger partial charge on any atom is -0.494 e. The van der Waals surface area contributed by atoms with Gasteiger partial charge in [-0.2, -0.15) is 13.2 Å². The Labute approximate surface area is 218 Å². The van der Waals surface area contributed by atoms with E-state index in [0.717, 1.165) is 18.6 Å². The summed E-state index contributed by atoms with van der Waals surface area (Å²) >= 11 is 5.23. The number of halogens is 3. The van der Waals surface area contributed by atoms with E-state index >= 15 is 0 Å². The molecule has 0 atom stereocenters. The number of nitrogens with one attached hydrogen (secondary N) is 3. The number of ether oxygens (including phenoxy) is 1. The average molecular weight is 530 g/mol. The number of thiocarbonyl (C=S) groups is 1. The van der Waals surface area contributed by atoms with Crippen LogP contribution >= 0.6 is 12.2 Å². The minimum absolute atomic E-state index is 0.00608. The number of anilines is 2. The molecule has 3 N–H and O–H groups in total. The molecule has 0 radical (unpaired) electrons. The highest BCUT2D eigenvalue weighted by Crippen LogP contribution is 2.30. The molecule has 3 rings (SSSR count). The summed E-state index contributed by atoms with van der Waals surface area (Å²) in [6, 6.07) is 17.3. The highest BCUT2D eigenvalue weighted by Gasteiger charge is 2.30. The van der Waals surface area contributed by atoms with Gasteiger partial charge in [-0.1, -0.05) is 32.0 Å². The van der Waals surface area contributed by atoms with E-state index in [1.807, 2.05) is 0 Å². The van der Waals surface area contributed by atoms with E-state index in [4.69, 9.17) is 17.0 Å². The van der Waals surface area contributed by atoms with Gasteiger partial charge in [-0.15, -0.1) is 0 Å². The average Bonchev–Trinajstić information content (AvgIpc) is 2.83. The van der Waals surface area contributed by atoms with Gasteiger partial charge in [-0.25, -0.2) is 0 Å². The maximum atomic E-state index is 12.9. The second-order valence-corrected chi connectivity index (χ2v) is 8.99. The van der Waals surface area contributed by atoms with E-state index in [2.05, 4.69) is 29.8 Å². The number of rotatable bonds is 8. The van der Waals surface area contributed by atoms with Crippen LogP contribution in [0.25, 0.3) is 0 Å². The van der Waals surface area contributed by atoms with Gasteiger partial charge in [-0.3, -0.25) is 14.9 Å². The Morgan fingerprint density at radius 1 is 0.865 bits per heavy atom. The Balaban J connectivity index is 1.59. The van der Waals surface area contributed by atoms with Crippen LogP contribution in [0.3, 0.4) is 0 Å². The van der Waals surface area contributed by atoms with Crippen LogP contribution in [-0.4, -0.2) is 23.5 Å². The number of carbonyl (C=O) groups is 2. The zero-order valence-corrected chi connectivity index (χ0v) is 21.0. The molecule has 0 unspecified atom stereocenters. The maximum absolute atomic E-state index is 12.9. The maximum Gasteiger partial charge on any atom is 0.416 e. The van der Waals surface area contributed by atoms with Crippen molar-refractivity contribution in [1.29, 1.82) is 0 Å². The van der Waals surface area contributed by atoms with Gasteiger partial charge in [0.2, 0.25) is 0 Å². The molecule has 0 aliphatic carbocycles. The Morgan fingerprint density at radius 3 is 2.16 bits per heavy atom. The molecule has 0 spiro atoms. The van der Waals surface area contributed by atoms with Crippen molar-refractivity contribution in [3.63, 3.8) is 0 Å². The largest absolute Gasteiger partial charge is 0.494 e. The lowest BCUT2D eigenvalue weighted by Crippen LogP contribution is -2.34. The van der Waals surface area contributed by atoms with Crippen LogP contribution in [0.1, 0.15) is 46.5 Å². The molecule has 0 aromatic heterocycles. The lowest BCUT2D eigenvalue weighted by molar-refractivity contribution is -0.137. The monoisotopic (exact) mass is 529 g/mol. The van der Waals surface area contributed by atoms with Crippen LogP contribution in [0.4, 0.5) is 24.5 Å². The molecule has 0 aliphatic rings. The molecule has 0 saturated carbocycles. The topological polar surface area (TPSA) is 79.5 Å². The number of carbonyl (C=O) groups excluding carboxylic acids is 2. The summed E-state index contributed by atoms with van der Waals surface area (Å²) in [5.41, 5.74) is 0.0989. The number of hydrogen-bond acceptors (Lipinski definition) is 4. The Bertz CT molecular complexity index is 1280. The van der Waals surface area contributed by atoms with Crippen LogP contribution < -0.4 is 20.7 Å². The van der Waals surface area contributed by atoms with Gasteiger partial charge in [0.05, 0.1) is 12.2 Å². The predicted molar refractivity (Wildman–Crippen MR) is 141 cm³/mol. The summed E-state index contributed by atoms with van der Waals surface area (Å²) in [5, 5.41) is 7.86. The Hall–Kier alpha value is -3.92. The summed E-state index contributed by atoms with van der Waals surface area (Å²) in [6.07, 6.45) is -3.63. The summed E-state index contributed by atoms with van der Waals surface area (Å²) in [6.45, 7) is 4.74. The van der Waals surface area contributed by atoms with Gasteiger partial charge in [0.15, 0.2) is 5.11 Å². The van der Waals surface area contributed by atoms with Gasteiger partial charge in [-0.05, 0) is 79.2 Å². The Kier molecular flexibility index (Phi) is 9.24. The van der Waals surface area contributed by atoms with Crippen molar-refractivity contribution >= 4 is 40.5 Å². The first-order valence-corrected chi connectivity index (χ1v) is 11.9. The van der Waals surface area contributed by atoms with E-state index in [-0.39, 0.29) is 16.4 Å². The summed E-state index contributed by atoms with van der Waals surface area (Å²) in [5.74, 6) is 0.0317. The fourth-order valence-electron chi connectivity index (χ4n) is 3.19. The van der Waals surface area contributed by atoms with Crippen molar-refractivity contribution in [2.24, 2.45) is 5.92 Å². The summed E-state index contributed by atoms with van der Waals surface area (Å²) in [4.78, 5) is 25.2. The molecule has 37 heavy (non-hydrogen) atoms. The van der Waals surface area contributed by atoms with Crippen molar-refractivity contribution in [3.05, 3.63) is 89.5 Å². The van der Waals surface area contributed by atoms with Crippen LogP contribution in [-0.2, 0) is 6.18 Å². The van der Waals surface area contributed by atoms with Crippen molar-refractivity contribution in [2.75, 3.05) is 17.2 Å². The highest BCUT2D eigenvalue weighted by molar-refractivity contribution is 7.80. The first-order valence-electron chi connectivity index (χ1n) is 11.4. The van der Waals surface area contributed by atoms with Crippen LogP contribution in [0, 0.1) is 5.92 Å². The van der Waals surface area contributed by atoms with Crippen molar-refractivity contribution < 1.29 is 27.5 Å². The summed E-state index contributed by atoms with van der Waals surface area (Å²) < 4.78 is 44.5. The van der Waals surface area contributed by atoms with Gasteiger partial charge < -0.3 is 15.4 Å². The number of alkyl halides is 3. The molecule has 194 valence electrons. The van der Waals surface area contributed by atoms with Crippen LogP contribution in [0.5, 0.6) is 5.75 Å². The molecular formula is C27H26F3N3O3S. The molecular weight excluding hydrogens is 503 g/mol. The van der Waals surface area contributed by atoms with E-state index in [1.165, 1.54) is 24.3 Å². The molecule has 3 aromatic carbocycles. The quantitative estimate of drug-likeness (QED) is 0.290. The van der Waals surface area contributed by atoms with Gasteiger partial charge >= 0.3 is 6.18 Å². The minimum atomic E-state index is -4.52. The van der Waals surface area contributed by atoms with E-state index in [9.17, 15) is 22.8 Å². The molecule has 2 amide bonds. The number of amides is 2. The zero-order valence-electron chi connectivity index (χ0n) is 20.2. The molecule has 0 fully saturated rings. The lowest BCUT2D eigenvalue weighted by atomic mass is 10.1. The first kappa shape index (κ1) is 27.7. The van der Waals surface area contributed by atoms with Crippen molar-refractivity contribution in [2.45, 2.75) is 26.4 Å². The van der Waals surface area contributed by atoms with Crippen molar-refractivity contribution in [3.8, 4) is 5.75 Å². The third-order valence-electron chi connectivity index (χ3n) is 5.12. The zero-order chi connectivity index (χ0) is 27.0. The fourth-order valence-corrected chi connectivity index (χ4v) is 3.40. The SMILES string of the molecule is CC(C)CCOc1cccc(C(=O)NC(=S)Nc2cccc(C(=O)Nc3cccc(C(F)(F)F)c3)c2)c1. The smallest absolute Gasteiger partial charge is 0.416 e. The molecule has 0 aliphatic heterocycles. The van der Waals surface area contributed by atoms with E-state index < -0.39 is 23.6 Å². The highest BCUT2D eigenvalue weighted by atomic mass is 32.1. The molecule has 6 nitrogen and oxygen atoms in total. The van der Waals surface area contributed by atoms with E-state index in [1.54, 1.807) is 36.4 Å². The van der Waals surface area contributed by atoms with Gasteiger partial charge in [0, 0.05) is 22.5 Å². The molecule has 3 aromatic rings. The van der Waals surface area contributed by atoms with E-state index in [0.29, 0.717) is 29.5 Å². The third-order valence-corrected chi connectivity index (χ3v) is 5.32. The van der Waals surface area contributed by atoms with Gasteiger partial charge in [0.25, 0.3) is 11.8 Å².